The van der Waals surface area contributed by atoms with Crippen molar-refractivity contribution >= 4 is 22.5 Å². The summed E-state index contributed by atoms with van der Waals surface area (Å²) < 4.78 is 6.66. The van der Waals surface area contributed by atoms with E-state index < -0.39 is 0 Å². The first-order chi connectivity index (χ1) is 10.7. The molecule has 0 saturated carbocycles. The van der Waals surface area contributed by atoms with Gasteiger partial charge in [0.2, 0.25) is 5.91 Å². The Kier molecular flexibility index (Phi) is 3.90. The fourth-order valence-electron chi connectivity index (χ4n) is 2.02. The molecule has 0 unspecified atom stereocenters. The summed E-state index contributed by atoms with van der Waals surface area (Å²) >= 11 is 0. The maximum absolute atomic E-state index is 11.9. The lowest BCUT2D eigenvalue weighted by molar-refractivity contribution is -0.116. The first-order valence-corrected chi connectivity index (χ1v) is 6.69. The van der Waals surface area contributed by atoms with Gasteiger partial charge in [-0.05, 0) is 28.6 Å². The second-order valence-corrected chi connectivity index (χ2v) is 4.65. The largest absolute Gasteiger partial charge is 0.497 e. The Morgan fingerprint density at radius 3 is 3.05 bits per heavy atom. The molecular weight excluding hydrogens is 284 g/mol. The van der Waals surface area contributed by atoms with Gasteiger partial charge in [0.25, 0.3) is 0 Å². The predicted molar refractivity (Wildman–Crippen MR) is 79.4 cm³/mol. The number of aromatic nitrogens is 5. The highest BCUT2D eigenvalue weighted by atomic mass is 16.5. The Morgan fingerprint density at radius 1 is 1.36 bits per heavy atom. The number of tetrazole rings is 1. The third kappa shape index (κ3) is 3.17. The van der Waals surface area contributed by atoms with Crippen LogP contribution in [0, 0.1) is 0 Å². The lowest BCUT2D eigenvalue weighted by Gasteiger charge is -2.07. The summed E-state index contributed by atoms with van der Waals surface area (Å²) in [6.07, 6.45) is 3.38. The van der Waals surface area contributed by atoms with Gasteiger partial charge in [-0.3, -0.25) is 9.78 Å². The van der Waals surface area contributed by atoms with Crippen LogP contribution in [0.3, 0.4) is 0 Å². The lowest BCUT2D eigenvalue weighted by atomic mass is 10.2. The van der Waals surface area contributed by atoms with Gasteiger partial charge in [-0.2, -0.15) is 0 Å². The van der Waals surface area contributed by atoms with E-state index >= 15 is 0 Å². The number of anilines is 1. The smallest absolute Gasteiger partial charge is 0.226 e. The number of amides is 1. The number of ether oxygens (including phenoxy) is 1. The van der Waals surface area contributed by atoms with Crippen molar-refractivity contribution in [3.8, 4) is 5.75 Å². The minimum absolute atomic E-state index is 0.120. The van der Waals surface area contributed by atoms with Crippen LogP contribution in [0.2, 0.25) is 0 Å². The Labute approximate surface area is 126 Å². The average Bonchev–Trinajstić information content (AvgIpc) is 3.06. The number of carbonyl (C=O) groups excluding carboxylic acids is 1. The number of hydrogen-bond acceptors (Lipinski definition) is 6. The van der Waals surface area contributed by atoms with Gasteiger partial charge in [0.15, 0.2) is 0 Å². The number of nitrogens with one attached hydrogen (secondary N) is 1. The monoisotopic (exact) mass is 298 g/mol. The van der Waals surface area contributed by atoms with Crippen LogP contribution in [0.15, 0.2) is 36.8 Å². The highest BCUT2D eigenvalue weighted by Crippen LogP contribution is 2.21. The molecule has 0 atom stereocenters. The number of carbonyl (C=O) groups is 1. The Hall–Kier alpha value is -3.03. The standard InChI is InChI=1S/C14H14N6O2/c1-22-12-3-2-10-6-11(8-15-13(10)7-12)17-14(21)4-5-20-9-16-18-19-20/h2-3,6-9H,4-5H2,1H3,(H,17,21). The Morgan fingerprint density at radius 2 is 2.27 bits per heavy atom. The summed E-state index contributed by atoms with van der Waals surface area (Å²) in [5, 5.41) is 14.5. The molecule has 2 aromatic heterocycles. The summed E-state index contributed by atoms with van der Waals surface area (Å²) in [7, 11) is 1.61. The number of hydrogen-bond donors (Lipinski definition) is 1. The van der Waals surface area contributed by atoms with Crippen molar-refractivity contribution in [3.63, 3.8) is 0 Å². The minimum atomic E-state index is -0.120. The normalized spacial score (nSPS) is 10.6. The van der Waals surface area contributed by atoms with Crippen molar-refractivity contribution in [1.82, 2.24) is 25.2 Å². The number of benzene rings is 1. The Balaban J connectivity index is 1.66. The highest BCUT2D eigenvalue weighted by Gasteiger charge is 2.05. The molecule has 1 aromatic carbocycles. The number of nitrogens with zero attached hydrogens (tertiary/aromatic N) is 5. The number of aryl methyl sites for hydroxylation is 1. The SMILES string of the molecule is COc1ccc2cc(NC(=O)CCn3cnnn3)cnc2c1. The predicted octanol–water partition coefficient (Wildman–Crippen LogP) is 1.26. The molecule has 0 spiro atoms. The van der Waals surface area contributed by atoms with Crippen molar-refractivity contribution in [2.24, 2.45) is 0 Å². The summed E-state index contributed by atoms with van der Waals surface area (Å²) in [6, 6.07) is 7.47. The van der Waals surface area contributed by atoms with Crippen LogP contribution in [-0.4, -0.2) is 38.2 Å². The maximum atomic E-state index is 11.9. The zero-order valence-corrected chi connectivity index (χ0v) is 11.9. The third-order valence-electron chi connectivity index (χ3n) is 3.13. The van der Waals surface area contributed by atoms with Crippen LogP contribution in [0.1, 0.15) is 6.42 Å². The average molecular weight is 298 g/mol. The maximum Gasteiger partial charge on any atom is 0.226 e. The van der Waals surface area contributed by atoms with Gasteiger partial charge in [0, 0.05) is 17.9 Å². The molecule has 0 saturated heterocycles. The topological polar surface area (TPSA) is 94.8 Å². The number of pyridine rings is 1. The van der Waals surface area contributed by atoms with Crippen molar-refractivity contribution in [2.45, 2.75) is 13.0 Å². The quantitative estimate of drug-likeness (QED) is 0.762. The molecule has 1 amide bonds. The summed E-state index contributed by atoms with van der Waals surface area (Å²) in [5.74, 6) is 0.628. The van der Waals surface area contributed by atoms with Gasteiger partial charge in [-0.25, -0.2) is 4.68 Å². The van der Waals surface area contributed by atoms with Gasteiger partial charge in [-0.15, -0.1) is 5.10 Å². The summed E-state index contributed by atoms with van der Waals surface area (Å²) in [5.41, 5.74) is 1.46. The molecule has 3 rings (SSSR count). The van der Waals surface area contributed by atoms with Crippen LogP contribution in [0.25, 0.3) is 10.9 Å². The number of fused-ring (bicyclic) bond motifs is 1. The van der Waals surface area contributed by atoms with Gasteiger partial charge >= 0.3 is 0 Å². The van der Waals surface area contributed by atoms with Crippen LogP contribution in [-0.2, 0) is 11.3 Å². The minimum Gasteiger partial charge on any atom is -0.497 e. The van der Waals surface area contributed by atoms with Gasteiger partial charge < -0.3 is 10.1 Å². The first-order valence-electron chi connectivity index (χ1n) is 6.69. The van der Waals surface area contributed by atoms with E-state index in [2.05, 4.69) is 25.8 Å². The van der Waals surface area contributed by atoms with Crippen LogP contribution in [0.5, 0.6) is 5.75 Å². The van der Waals surface area contributed by atoms with E-state index in [1.165, 1.54) is 11.0 Å². The first kappa shape index (κ1) is 13.9. The van der Waals surface area contributed by atoms with Crippen molar-refractivity contribution in [1.29, 1.82) is 0 Å². The van der Waals surface area contributed by atoms with E-state index in [-0.39, 0.29) is 12.3 Å². The molecule has 0 aliphatic carbocycles. The molecule has 8 nitrogen and oxygen atoms in total. The third-order valence-corrected chi connectivity index (χ3v) is 3.13. The van der Waals surface area contributed by atoms with Crippen LogP contribution >= 0.6 is 0 Å². The molecular formula is C14H14N6O2. The molecule has 8 heteroatoms. The lowest BCUT2D eigenvalue weighted by Crippen LogP contribution is -2.15. The van der Waals surface area contributed by atoms with Gasteiger partial charge in [0.05, 0.1) is 31.1 Å². The molecule has 22 heavy (non-hydrogen) atoms. The molecule has 0 bridgehead atoms. The summed E-state index contributed by atoms with van der Waals surface area (Å²) in [6.45, 7) is 0.428. The van der Waals surface area contributed by atoms with E-state index in [0.717, 1.165) is 16.7 Å². The second-order valence-electron chi connectivity index (χ2n) is 4.65. The molecule has 3 aromatic rings. The number of rotatable bonds is 5. The molecule has 0 radical (unpaired) electrons. The van der Waals surface area contributed by atoms with Gasteiger partial charge in [0.1, 0.15) is 12.1 Å². The summed E-state index contributed by atoms with van der Waals surface area (Å²) in [4.78, 5) is 16.2. The van der Waals surface area contributed by atoms with E-state index in [1.807, 2.05) is 24.3 Å². The number of methoxy groups -OCH3 is 1. The van der Waals surface area contributed by atoms with E-state index in [9.17, 15) is 4.79 Å². The van der Waals surface area contributed by atoms with Crippen molar-refractivity contribution < 1.29 is 9.53 Å². The second kappa shape index (κ2) is 6.17. The molecule has 0 aliphatic heterocycles. The van der Waals surface area contributed by atoms with Gasteiger partial charge in [-0.1, -0.05) is 0 Å². The van der Waals surface area contributed by atoms with E-state index in [1.54, 1.807) is 13.3 Å². The zero-order chi connectivity index (χ0) is 15.4. The fourth-order valence-corrected chi connectivity index (χ4v) is 2.02. The molecule has 0 aliphatic rings. The molecule has 1 N–H and O–H groups in total. The molecule has 2 heterocycles. The van der Waals surface area contributed by atoms with Crippen molar-refractivity contribution in [2.75, 3.05) is 12.4 Å². The molecule has 112 valence electrons. The van der Waals surface area contributed by atoms with Crippen LogP contribution < -0.4 is 10.1 Å². The van der Waals surface area contributed by atoms with Crippen molar-refractivity contribution in [3.05, 3.63) is 36.8 Å². The molecule has 0 fully saturated rings. The van der Waals surface area contributed by atoms with E-state index in [0.29, 0.717) is 12.2 Å². The fraction of sp³-hybridized carbons (Fsp3) is 0.214. The van der Waals surface area contributed by atoms with Crippen LogP contribution in [0.4, 0.5) is 5.69 Å². The zero-order valence-electron chi connectivity index (χ0n) is 11.9. The van der Waals surface area contributed by atoms with E-state index in [4.69, 9.17) is 4.74 Å². The highest BCUT2D eigenvalue weighted by molar-refractivity contribution is 5.93. The Bertz CT molecular complexity index is 787.